The Labute approximate surface area is 100 Å². The Hall–Kier alpha value is -1.88. The van der Waals surface area contributed by atoms with E-state index in [0.29, 0.717) is 17.7 Å². The normalized spacial score (nSPS) is 11.9. The molecule has 5 nitrogen and oxygen atoms in total. The van der Waals surface area contributed by atoms with E-state index in [1.54, 1.807) is 25.1 Å². The summed E-state index contributed by atoms with van der Waals surface area (Å²) < 4.78 is 0. The largest absolute Gasteiger partial charge is 0.366 e. The van der Waals surface area contributed by atoms with Crippen molar-refractivity contribution in [1.29, 1.82) is 0 Å². The van der Waals surface area contributed by atoms with E-state index in [1.807, 2.05) is 6.92 Å². The number of carbonyl (C=O) groups is 2. The molecular weight excluding hydrogens is 218 g/mol. The third kappa shape index (κ3) is 3.29. The maximum absolute atomic E-state index is 11.6. The van der Waals surface area contributed by atoms with Gasteiger partial charge in [-0.25, -0.2) is 0 Å². The molecule has 5 heteroatoms. The summed E-state index contributed by atoms with van der Waals surface area (Å²) in [5.41, 5.74) is 12.6. The molecule has 1 unspecified atom stereocenters. The first kappa shape index (κ1) is 13.2. The van der Waals surface area contributed by atoms with Crippen molar-refractivity contribution in [2.24, 2.45) is 11.5 Å². The molecule has 0 radical (unpaired) electrons. The number of nitrogens with one attached hydrogen (secondary N) is 1. The predicted octanol–water partition coefficient (Wildman–Crippen LogP) is 0.770. The number of carbonyl (C=O) groups excluding carboxylic acids is 2. The topological polar surface area (TPSA) is 98.2 Å². The van der Waals surface area contributed by atoms with E-state index >= 15 is 0 Å². The van der Waals surface area contributed by atoms with Crippen molar-refractivity contribution in [3.8, 4) is 0 Å². The molecule has 0 saturated heterocycles. The van der Waals surface area contributed by atoms with Gasteiger partial charge >= 0.3 is 0 Å². The first-order chi connectivity index (χ1) is 7.95. The fourth-order valence-corrected chi connectivity index (χ4v) is 1.37. The van der Waals surface area contributed by atoms with Crippen LogP contribution in [0.1, 0.15) is 29.3 Å². The van der Waals surface area contributed by atoms with Crippen LogP contribution in [0.2, 0.25) is 0 Å². The Kier molecular flexibility index (Phi) is 4.23. The van der Waals surface area contributed by atoms with Gasteiger partial charge in [-0.3, -0.25) is 9.59 Å². The number of aryl methyl sites for hydroxylation is 1. The van der Waals surface area contributed by atoms with Crippen LogP contribution in [0.5, 0.6) is 0 Å². The van der Waals surface area contributed by atoms with E-state index in [2.05, 4.69) is 5.32 Å². The van der Waals surface area contributed by atoms with Gasteiger partial charge in [-0.05, 0) is 37.1 Å². The second kappa shape index (κ2) is 5.45. The van der Waals surface area contributed by atoms with Gasteiger partial charge < -0.3 is 16.8 Å². The maximum atomic E-state index is 11.6. The molecule has 1 aromatic rings. The molecule has 1 aromatic carbocycles. The molecule has 5 N–H and O–H groups in total. The number of benzene rings is 1. The summed E-state index contributed by atoms with van der Waals surface area (Å²) >= 11 is 0. The zero-order valence-corrected chi connectivity index (χ0v) is 9.99. The number of hydrogen-bond donors (Lipinski definition) is 3. The predicted molar refractivity (Wildman–Crippen MR) is 66.6 cm³/mol. The molecule has 2 amide bonds. The van der Waals surface area contributed by atoms with E-state index in [1.165, 1.54) is 0 Å². The molecule has 92 valence electrons. The number of anilines is 1. The lowest BCUT2D eigenvalue weighted by molar-refractivity contribution is -0.117. The summed E-state index contributed by atoms with van der Waals surface area (Å²) in [4.78, 5) is 22.5. The van der Waals surface area contributed by atoms with Gasteiger partial charge in [0.25, 0.3) is 0 Å². The first-order valence-corrected chi connectivity index (χ1v) is 5.42. The molecule has 0 aliphatic heterocycles. The van der Waals surface area contributed by atoms with Gasteiger partial charge in [-0.15, -0.1) is 0 Å². The van der Waals surface area contributed by atoms with E-state index in [0.717, 1.165) is 5.56 Å². The SMILES string of the molecule is CCC(N)C(=O)Nc1ccc(C(N)=O)cc1C. The maximum Gasteiger partial charge on any atom is 0.248 e. The fourth-order valence-electron chi connectivity index (χ4n) is 1.37. The van der Waals surface area contributed by atoms with Crippen molar-refractivity contribution in [1.82, 2.24) is 0 Å². The van der Waals surface area contributed by atoms with Crippen LogP contribution in [-0.4, -0.2) is 17.9 Å². The van der Waals surface area contributed by atoms with Crippen LogP contribution in [-0.2, 0) is 4.79 Å². The van der Waals surface area contributed by atoms with Crippen molar-refractivity contribution in [2.75, 3.05) is 5.32 Å². The molecule has 0 fully saturated rings. The molecule has 1 rings (SSSR count). The van der Waals surface area contributed by atoms with Gasteiger partial charge in [0.2, 0.25) is 11.8 Å². The Morgan fingerprint density at radius 2 is 2.06 bits per heavy atom. The summed E-state index contributed by atoms with van der Waals surface area (Å²) in [7, 11) is 0. The van der Waals surface area contributed by atoms with E-state index in [9.17, 15) is 9.59 Å². The van der Waals surface area contributed by atoms with Crippen LogP contribution in [0.4, 0.5) is 5.69 Å². The third-order valence-corrected chi connectivity index (χ3v) is 2.55. The minimum Gasteiger partial charge on any atom is -0.366 e. The quantitative estimate of drug-likeness (QED) is 0.718. The Bertz CT molecular complexity index is 443. The third-order valence-electron chi connectivity index (χ3n) is 2.55. The van der Waals surface area contributed by atoms with Crippen molar-refractivity contribution in [3.05, 3.63) is 29.3 Å². The number of primary amides is 1. The van der Waals surface area contributed by atoms with E-state index in [-0.39, 0.29) is 5.91 Å². The molecule has 0 heterocycles. The summed E-state index contributed by atoms with van der Waals surface area (Å²) in [5, 5.41) is 2.71. The van der Waals surface area contributed by atoms with Gasteiger partial charge in [0, 0.05) is 11.3 Å². The number of hydrogen-bond acceptors (Lipinski definition) is 3. The highest BCUT2D eigenvalue weighted by Crippen LogP contribution is 2.16. The Balaban J connectivity index is 2.86. The fraction of sp³-hybridized carbons (Fsp3) is 0.333. The van der Waals surface area contributed by atoms with Gasteiger partial charge in [0.1, 0.15) is 0 Å². The highest BCUT2D eigenvalue weighted by molar-refractivity contribution is 5.97. The summed E-state index contributed by atoms with van der Waals surface area (Å²) in [6.45, 7) is 3.63. The monoisotopic (exact) mass is 235 g/mol. The average Bonchev–Trinajstić information content (AvgIpc) is 2.30. The summed E-state index contributed by atoms with van der Waals surface area (Å²) in [6.07, 6.45) is 0.574. The molecule has 0 spiro atoms. The molecule has 0 aliphatic rings. The lowest BCUT2D eigenvalue weighted by Crippen LogP contribution is -2.35. The molecule has 1 atom stereocenters. The van der Waals surface area contributed by atoms with Gasteiger partial charge in [0.05, 0.1) is 6.04 Å². The molecule has 0 bridgehead atoms. The smallest absolute Gasteiger partial charge is 0.248 e. The second-order valence-corrected chi connectivity index (χ2v) is 3.90. The molecular formula is C12H17N3O2. The molecule has 0 aromatic heterocycles. The van der Waals surface area contributed by atoms with Crippen molar-refractivity contribution < 1.29 is 9.59 Å². The van der Waals surface area contributed by atoms with E-state index < -0.39 is 11.9 Å². The van der Waals surface area contributed by atoms with Gasteiger partial charge in [-0.1, -0.05) is 6.92 Å². The van der Waals surface area contributed by atoms with Crippen LogP contribution in [0.15, 0.2) is 18.2 Å². The minimum absolute atomic E-state index is 0.234. The number of nitrogens with two attached hydrogens (primary N) is 2. The standard InChI is InChI=1S/C12H17N3O2/c1-3-9(13)12(17)15-10-5-4-8(11(14)16)6-7(10)2/h4-6,9H,3,13H2,1-2H3,(H2,14,16)(H,15,17). The lowest BCUT2D eigenvalue weighted by atomic mass is 10.1. The van der Waals surface area contributed by atoms with Crippen molar-refractivity contribution in [3.63, 3.8) is 0 Å². The van der Waals surface area contributed by atoms with E-state index in [4.69, 9.17) is 11.5 Å². The van der Waals surface area contributed by atoms with Crippen LogP contribution < -0.4 is 16.8 Å². The Morgan fingerprint density at radius 1 is 1.41 bits per heavy atom. The zero-order chi connectivity index (χ0) is 13.0. The van der Waals surface area contributed by atoms with Crippen molar-refractivity contribution >= 4 is 17.5 Å². The molecule has 0 aliphatic carbocycles. The Morgan fingerprint density at radius 3 is 2.53 bits per heavy atom. The van der Waals surface area contributed by atoms with Crippen LogP contribution in [0.25, 0.3) is 0 Å². The van der Waals surface area contributed by atoms with Crippen molar-refractivity contribution in [2.45, 2.75) is 26.3 Å². The average molecular weight is 235 g/mol. The highest BCUT2D eigenvalue weighted by Gasteiger charge is 2.12. The highest BCUT2D eigenvalue weighted by atomic mass is 16.2. The number of amides is 2. The van der Waals surface area contributed by atoms with Gasteiger partial charge in [-0.2, -0.15) is 0 Å². The van der Waals surface area contributed by atoms with Gasteiger partial charge in [0.15, 0.2) is 0 Å². The summed E-state index contributed by atoms with van der Waals surface area (Å²) in [6, 6.07) is 4.33. The minimum atomic E-state index is -0.523. The molecule has 0 saturated carbocycles. The van der Waals surface area contributed by atoms with Crippen LogP contribution >= 0.6 is 0 Å². The summed E-state index contributed by atoms with van der Waals surface area (Å²) in [5.74, 6) is -0.723. The van der Waals surface area contributed by atoms with Crippen LogP contribution in [0.3, 0.4) is 0 Å². The lowest BCUT2D eigenvalue weighted by Gasteiger charge is -2.12. The first-order valence-electron chi connectivity index (χ1n) is 5.42. The molecule has 17 heavy (non-hydrogen) atoms. The second-order valence-electron chi connectivity index (χ2n) is 3.90. The number of rotatable bonds is 4. The van der Waals surface area contributed by atoms with Crippen LogP contribution in [0, 0.1) is 6.92 Å². The zero-order valence-electron chi connectivity index (χ0n) is 9.99.